The molecule has 0 aromatic carbocycles. The van der Waals surface area contributed by atoms with Crippen LogP contribution in [-0.4, -0.2) is 56.6 Å². The monoisotopic (exact) mass is 368 g/mol. The van der Waals surface area contributed by atoms with Crippen LogP contribution in [0, 0.1) is 0 Å². The maximum Gasteiger partial charge on any atom is 0.342 e. The first kappa shape index (κ1) is 22.5. The molecule has 0 saturated carbocycles. The van der Waals surface area contributed by atoms with Crippen LogP contribution in [0.2, 0.25) is 0 Å². The van der Waals surface area contributed by atoms with E-state index >= 15 is 0 Å². The Morgan fingerprint density at radius 3 is 2.00 bits per heavy atom. The van der Waals surface area contributed by atoms with Gasteiger partial charge in [-0.3, -0.25) is 14.2 Å². The van der Waals surface area contributed by atoms with Gasteiger partial charge in [-0.15, -0.1) is 0 Å². The molecule has 0 spiro atoms. The van der Waals surface area contributed by atoms with Crippen LogP contribution in [0.15, 0.2) is 0 Å². The zero-order valence-corrected chi connectivity index (χ0v) is 14.4. The third-order valence-electron chi connectivity index (χ3n) is 3.20. The van der Waals surface area contributed by atoms with Gasteiger partial charge >= 0.3 is 13.6 Å². The van der Waals surface area contributed by atoms with Crippen LogP contribution < -0.4 is 22.1 Å². The molecule has 12 heteroatoms. The first-order valence-electron chi connectivity index (χ1n) is 7.26. The van der Waals surface area contributed by atoms with Gasteiger partial charge in [-0.1, -0.05) is 0 Å². The maximum atomic E-state index is 11.9. The molecule has 0 fully saturated rings. The van der Waals surface area contributed by atoms with Gasteiger partial charge in [0.2, 0.25) is 11.8 Å². The highest BCUT2D eigenvalue weighted by Gasteiger charge is 2.27. The van der Waals surface area contributed by atoms with E-state index in [2.05, 4.69) is 10.6 Å². The lowest BCUT2D eigenvalue weighted by molar-refractivity contribution is -0.142. The number of amides is 2. The number of aliphatic carboxylic acids is 1. The fraction of sp³-hybridized carbons (Fsp3) is 0.750. The number of hydrogen-bond donors (Lipinski definition) is 7. The van der Waals surface area contributed by atoms with Gasteiger partial charge in [-0.25, -0.2) is 4.79 Å². The molecule has 0 aliphatic carbocycles. The Bertz CT molecular complexity index is 508. The van der Waals surface area contributed by atoms with Crippen molar-refractivity contribution < 1.29 is 33.8 Å². The Hall–Kier alpha value is -1.52. The minimum Gasteiger partial charge on any atom is -0.480 e. The number of nitrogens with two attached hydrogens (primary N) is 2. The van der Waals surface area contributed by atoms with E-state index < -0.39 is 49.3 Å². The normalized spacial score (nSPS) is 16.6. The lowest BCUT2D eigenvalue weighted by atomic mass is 10.1. The number of hydrogen-bond acceptors (Lipinski definition) is 6. The molecule has 2 amide bonds. The van der Waals surface area contributed by atoms with Crippen LogP contribution in [0.5, 0.6) is 0 Å². The van der Waals surface area contributed by atoms with Crippen molar-refractivity contribution in [1.29, 1.82) is 0 Å². The van der Waals surface area contributed by atoms with E-state index in [0.29, 0.717) is 0 Å². The van der Waals surface area contributed by atoms with E-state index in [4.69, 9.17) is 26.4 Å². The summed E-state index contributed by atoms with van der Waals surface area (Å²) in [5.74, 6) is -3.96. The molecule has 24 heavy (non-hydrogen) atoms. The summed E-state index contributed by atoms with van der Waals surface area (Å²) in [4.78, 5) is 52.2. The molecule has 0 rings (SSSR count). The van der Waals surface area contributed by atoms with Gasteiger partial charge in [0.05, 0.1) is 6.04 Å². The SMILES string of the molecule is C[C@H](N)C(=O)N[C@@H](C)C(=O)N[C@@H](CCC[C@@H](N)P(=O)(O)O)C(=O)O. The second kappa shape index (κ2) is 9.70. The summed E-state index contributed by atoms with van der Waals surface area (Å²) in [5.41, 5.74) is 10.6. The van der Waals surface area contributed by atoms with Crippen LogP contribution >= 0.6 is 7.60 Å². The highest BCUT2D eigenvalue weighted by atomic mass is 31.2. The average Bonchev–Trinajstić information content (AvgIpc) is 2.44. The molecule has 0 unspecified atom stereocenters. The maximum absolute atomic E-state index is 11.9. The standard InChI is InChI=1S/C12H25N4O7P/c1-6(13)10(17)15-7(2)11(18)16-8(12(19)20)4-3-5-9(14)24(21,22)23/h6-9H,3-5,13-14H2,1-2H3,(H,15,17)(H,16,18)(H,19,20)(H2,21,22,23)/t6-,7-,8-,9-/m0/s1. The number of carboxylic acids is 1. The van der Waals surface area contributed by atoms with Crippen LogP contribution in [0.25, 0.3) is 0 Å². The molecule has 140 valence electrons. The minimum atomic E-state index is -4.43. The van der Waals surface area contributed by atoms with E-state index in [9.17, 15) is 18.9 Å². The van der Waals surface area contributed by atoms with Crippen molar-refractivity contribution in [3.63, 3.8) is 0 Å². The van der Waals surface area contributed by atoms with Crippen LogP contribution in [0.1, 0.15) is 33.1 Å². The van der Waals surface area contributed by atoms with Gasteiger partial charge in [0.25, 0.3) is 0 Å². The Morgan fingerprint density at radius 1 is 1.04 bits per heavy atom. The van der Waals surface area contributed by atoms with Gasteiger partial charge in [0.1, 0.15) is 17.9 Å². The lowest BCUT2D eigenvalue weighted by Gasteiger charge is -2.20. The predicted octanol–water partition coefficient (Wildman–Crippen LogP) is -1.96. The first-order chi connectivity index (χ1) is 10.9. The Kier molecular flexibility index (Phi) is 9.08. The predicted molar refractivity (Wildman–Crippen MR) is 84.7 cm³/mol. The van der Waals surface area contributed by atoms with E-state index in [1.54, 1.807) is 0 Å². The summed E-state index contributed by atoms with van der Waals surface area (Å²) in [6.07, 6.45) is -0.0757. The minimum absolute atomic E-state index is 0.0667. The third-order valence-corrected chi connectivity index (χ3v) is 4.33. The van der Waals surface area contributed by atoms with Crippen molar-refractivity contribution in [2.75, 3.05) is 0 Å². The zero-order chi connectivity index (χ0) is 19.1. The topological polar surface area (TPSA) is 205 Å². The summed E-state index contributed by atoms with van der Waals surface area (Å²) in [5, 5.41) is 13.7. The first-order valence-corrected chi connectivity index (χ1v) is 8.94. The number of carboxylic acid groups (broad SMARTS) is 1. The van der Waals surface area contributed by atoms with Crippen molar-refractivity contribution in [2.24, 2.45) is 11.5 Å². The highest BCUT2D eigenvalue weighted by molar-refractivity contribution is 7.52. The van der Waals surface area contributed by atoms with Gasteiger partial charge in [0.15, 0.2) is 0 Å². The average molecular weight is 368 g/mol. The number of carbonyl (C=O) groups excluding carboxylic acids is 2. The van der Waals surface area contributed by atoms with Crippen molar-refractivity contribution >= 4 is 25.4 Å². The number of nitrogens with one attached hydrogen (secondary N) is 2. The molecule has 11 nitrogen and oxygen atoms in total. The summed E-state index contributed by atoms with van der Waals surface area (Å²) >= 11 is 0. The lowest BCUT2D eigenvalue weighted by Crippen LogP contribution is -2.52. The van der Waals surface area contributed by atoms with Crippen molar-refractivity contribution in [3.8, 4) is 0 Å². The zero-order valence-electron chi connectivity index (χ0n) is 13.5. The van der Waals surface area contributed by atoms with E-state index in [-0.39, 0.29) is 19.3 Å². The van der Waals surface area contributed by atoms with Crippen molar-refractivity contribution in [3.05, 3.63) is 0 Å². The molecule has 0 aromatic heterocycles. The van der Waals surface area contributed by atoms with E-state index in [0.717, 1.165) is 0 Å². The number of carbonyl (C=O) groups is 3. The Morgan fingerprint density at radius 2 is 1.58 bits per heavy atom. The second-order valence-corrected chi connectivity index (χ2v) is 7.35. The summed E-state index contributed by atoms with van der Waals surface area (Å²) in [6.45, 7) is 2.81. The van der Waals surface area contributed by atoms with Gasteiger partial charge in [-0.2, -0.15) is 0 Å². The molecule has 0 bridgehead atoms. The molecule has 0 aliphatic rings. The largest absolute Gasteiger partial charge is 0.480 e. The fourth-order valence-electron chi connectivity index (χ4n) is 1.66. The third kappa shape index (κ3) is 8.37. The quantitative estimate of drug-likeness (QED) is 0.213. The van der Waals surface area contributed by atoms with Gasteiger partial charge in [0, 0.05) is 0 Å². The van der Waals surface area contributed by atoms with Gasteiger partial charge in [-0.05, 0) is 33.1 Å². The molecule has 4 atom stereocenters. The summed E-state index contributed by atoms with van der Waals surface area (Å²) < 4.78 is 10.9. The highest BCUT2D eigenvalue weighted by Crippen LogP contribution is 2.40. The Labute approximate surface area is 139 Å². The molecule has 0 heterocycles. The van der Waals surface area contributed by atoms with Crippen LogP contribution in [0.4, 0.5) is 0 Å². The molecule has 0 aliphatic heterocycles. The fourth-order valence-corrected chi connectivity index (χ4v) is 2.18. The van der Waals surface area contributed by atoms with Crippen LogP contribution in [0.3, 0.4) is 0 Å². The van der Waals surface area contributed by atoms with Crippen molar-refractivity contribution in [1.82, 2.24) is 10.6 Å². The molecule has 0 saturated heterocycles. The number of rotatable bonds is 10. The molecular formula is C12H25N4O7P. The molecule has 9 N–H and O–H groups in total. The van der Waals surface area contributed by atoms with Gasteiger partial charge < -0.3 is 37.0 Å². The molecule has 0 radical (unpaired) electrons. The Balaban J connectivity index is 4.53. The second-order valence-electron chi connectivity index (χ2n) is 5.51. The molecular weight excluding hydrogens is 343 g/mol. The van der Waals surface area contributed by atoms with E-state index in [1.165, 1.54) is 13.8 Å². The summed E-state index contributed by atoms with van der Waals surface area (Å²) in [7, 11) is -4.43. The smallest absolute Gasteiger partial charge is 0.342 e. The van der Waals surface area contributed by atoms with Crippen LogP contribution in [-0.2, 0) is 18.9 Å². The summed E-state index contributed by atoms with van der Waals surface area (Å²) in [6, 6.07) is -3.07. The van der Waals surface area contributed by atoms with E-state index in [1.807, 2.05) is 0 Å². The molecule has 0 aromatic rings. The van der Waals surface area contributed by atoms with Crippen molar-refractivity contribution in [2.45, 2.75) is 57.0 Å².